The van der Waals surface area contributed by atoms with Crippen molar-refractivity contribution in [1.82, 2.24) is 10.6 Å². The van der Waals surface area contributed by atoms with Gasteiger partial charge in [-0.3, -0.25) is 4.99 Å². The first-order valence-electron chi connectivity index (χ1n) is 5.93. The van der Waals surface area contributed by atoms with E-state index in [1.807, 2.05) is 12.1 Å². The van der Waals surface area contributed by atoms with Crippen molar-refractivity contribution in [3.05, 3.63) is 22.2 Å². The molecule has 7 heteroatoms. The summed E-state index contributed by atoms with van der Waals surface area (Å²) < 4.78 is 11.7. The van der Waals surface area contributed by atoms with Gasteiger partial charge in [-0.05, 0) is 40.0 Å². The molecule has 3 rings (SSSR count). The average molecular weight is 440 g/mol. The van der Waals surface area contributed by atoms with E-state index in [0.29, 0.717) is 13.3 Å². The van der Waals surface area contributed by atoms with Crippen molar-refractivity contribution in [2.45, 2.75) is 13.0 Å². The Morgan fingerprint density at radius 1 is 1.37 bits per heavy atom. The summed E-state index contributed by atoms with van der Waals surface area (Å²) in [6.45, 7) is 2.87. The Hall–Kier alpha value is -0.700. The van der Waals surface area contributed by atoms with E-state index >= 15 is 0 Å². The summed E-state index contributed by atoms with van der Waals surface area (Å²) in [5.41, 5.74) is 1.13. The number of ether oxygens (including phenoxy) is 2. The Labute approximate surface area is 137 Å². The lowest BCUT2D eigenvalue weighted by molar-refractivity contribution is 0.173. The molecule has 0 amide bonds. The van der Waals surface area contributed by atoms with Gasteiger partial charge in [0.15, 0.2) is 17.5 Å². The molecular formula is C12H15BrIN3O2. The molecule has 19 heavy (non-hydrogen) atoms. The summed E-state index contributed by atoms with van der Waals surface area (Å²) in [4.78, 5) is 4.37. The summed E-state index contributed by atoms with van der Waals surface area (Å²) in [5, 5.41) is 6.51. The molecule has 0 saturated carbocycles. The van der Waals surface area contributed by atoms with E-state index in [2.05, 4.69) is 31.6 Å². The summed E-state index contributed by atoms with van der Waals surface area (Å²) in [7, 11) is 0. The minimum Gasteiger partial charge on any atom is -0.454 e. The lowest BCUT2D eigenvalue weighted by Crippen LogP contribution is -2.40. The third-order valence-corrected chi connectivity index (χ3v) is 3.43. The molecule has 0 bridgehead atoms. The third-order valence-electron chi connectivity index (χ3n) is 2.84. The minimum atomic E-state index is 0. The van der Waals surface area contributed by atoms with Gasteiger partial charge >= 0.3 is 0 Å². The number of guanidine groups is 1. The number of hydrogen-bond acceptors (Lipinski definition) is 5. The van der Waals surface area contributed by atoms with Gasteiger partial charge in [-0.15, -0.1) is 24.0 Å². The first-order chi connectivity index (χ1) is 8.83. The normalized spacial score (nSPS) is 16.2. The molecule has 0 spiro atoms. The molecule has 0 atom stereocenters. The van der Waals surface area contributed by atoms with Crippen molar-refractivity contribution in [3.8, 4) is 11.5 Å². The number of halogens is 2. The molecule has 1 aromatic rings. The standard InChI is InChI=1S/C12H14BrN3O2.HI/c13-9-4-8(5-10-11(9)18-7-17-10)6-16-12-14-2-1-3-15-12;/h4-5H,1-3,6-7H2,(H2,14,15,16);1H. The SMILES string of the molecule is Brc1cc(CNC2=NCCCN2)cc2c1OCO2.I. The minimum absolute atomic E-state index is 0. The van der Waals surface area contributed by atoms with Gasteiger partial charge in [-0.1, -0.05) is 0 Å². The van der Waals surface area contributed by atoms with Gasteiger partial charge in [-0.25, -0.2) is 0 Å². The molecule has 0 aliphatic carbocycles. The van der Waals surface area contributed by atoms with Crippen LogP contribution in [0.25, 0.3) is 0 Å². The number of rotatable bonds is 2. The van der Waals surface area contributed by atoms with Crippen LogP contribution in [0.15, 0.2) is 21.6 Å². The van der Waals surface area contributed by atoms with E-state index in [1.165, 1.54) is 0 Å². The molecule has 2 aliphatic rings. The summed E-state index contributed by atoms with van der Waals surface area (Å²) in [6, 6.07) is 4.02. The predicted molar refractivity (Wildman–Crippen MR) is 87.4 cm³/mol. The number of hydrogen-bond donors (Lipinski definition) is 2. The number of nitrogens with zero attached hydrogens (tertiary/aromatic N) is 1. The van der Waals surface area contributed by atoms with Crippen LogP contribution in [0.2, 0.25) is 0 Å². The number of fused-ring (bicyclic) bond motifs is 1. The van der Waals surface area contributed by atoms with Crippen LogP contribution in [0.5, 0.6) is 11.5 Å². The molecule has 1 aromatic carbocycles. The fraction of sp³-hybridized carbons (Fsp3) is 0.417. The Bertz CT molecular complexity index is 496. The Balaban J connectivity index is 0.00000133. The smallest absolute Gasteiger partial charge is 0.231 e. The molecule has 0 radical (unpaired) electrons. The van der Waals surface area contributed by atoms with Crippen molar-refractivity contribution in [2.75, 3.05) is 19.9 Å². The van der Waals surface area contributed by atoms with E-state index in [0.717, 1.165) is 47.0 Å². The van der Waals surface area contributed by atoms with Gasteiger partial charge in [0.1, 0.15) is 0 Å². The van der Waals surface area contributed by atoms with Gasteiger partial charge in [0.05, 0.1) is 4.47 Å². The highest BCUT2D eigenvalue weighted by molar-refractivity contribution is 14.0. The summed E-state index contributed by atoms with van der Waals surface area (Å²) in [5.74, 6) is 2.45. The van der Waals surface area contributed by atoms with E-state index in [1.54, 1.807) is 0 Å². The molecule has 2 aliphatic heterocycles. The first kappa shape index (κ1) is 14.7. The molecular weight excluding hydrogens is 425 g/mol. The number of nitrogens with one attached hydrogen (secondary N) is 2. The maximum Gasteiger partial charge on any atom is 0.231 e. The van der Waals surface area contributed by atoms with Crippen LogP contribution in [0, 0.1) is 0 Å². The number of aliphatic imine (C=N–C) groups is 1. The van der Waals surface area contributed by atoms with Crippen molar-refractivity contribution in [2.24, 2.45) is 4.99 Å². The largest absolute Gasteiger partial charge is 0.454 e. The second kappa shape index (κ2) is 6.65. The first-order valence-corrected chi connectivity index (χ1v) is 6.72. The maximum absolute atomic E-state index is 5.39. The maximum atomic E-state index is 5.39. The zero-order chi connectivity index (χ0) is 12.4. The van der Waals surface area contributed by atoms with Gasteiger partial charge in [0.25, 0.3) is 0 Å². The molecule has 5 nitrogen and oxygen atoms in total. The average Bonchev–Trinajstić information content (AvgIpc) is 2.86. The lowest BCUT2D eigenvalue weighted by atomic mass is 10.2. The van der Waals surface area contributed by atoms with Crippen LogP contribution in [-0.2, 0) is 6.54 Å². The zero-order valence-electron chi connectivity index (χ0n) is 10.2. The van der Waals surface area contributed by atoms with E-state index in [-0.39, 0.29) is 24.0 Å². The quantitative estimate of drug-likeness (QED) is 0.694. The molecule has 0 aromatic heterocycles. The Kier molecular flexibility index (Phi) is 5.14. The molecule has 0 saturated heterocycles. The van der Waals surface area contributed by atoms with Gasteiger partial charge in [0, 0.05) is 19.6 Å². The molecule has 0 fully saturated rings. The predicted octanol–water partition coefficient (Wildman–Crippen LogP) is 2.23. The second-order valence-corrected chi connectivity index (χ2v) is 5.03. The van der Waals surface area contributed by atoms with Crippen LogP contribution in [0.1, 0.15) is 12.0 Å². The second-order valence-electron chi connectivity index (χ2n) is 4.18. The van der Waals surface area contributed by atoms with Gasteiger partial charge in [-0.2, -0.15) is 0 Å². The monoisotopic (exact) mass is 439 g/mol. The van der Waals surface area contributed by atoms with Crippen LogP contribution in [0.4, 0.5) is 0 Å². The Morgan fingerprint density at radius 2 is 2.26 bits per heavy atom. The van der Waals surface area contributed by atoms with Gasteiger partial charge < -0.3 is 20.1 Å². The van der Waals surface area contributed by atoms with Crippen molar-refractivity contribution < 1.29 is 9.47 Å². The topological polar surface area (TPSA) is 54.9 Å². The summed E-state index contributed by atoms with van der Waals surface area (Å²) in [6.07, 6.45) is 1.10. The van der Waals surface area contributed by atoms with Crippen molar-refractivity contribution >= 4 is 45.9 Å². The van der Waals surface area contributed by atoms with Gasteiger partial charge in [0.2, 0.25) is 6.79 Å². The zero-order valence-corrected chi connectivity index (χ0v) is 14.2. The van der Waals surface area contributed by atoms with Crippen LogP contribution in [-0.4, -0.2) is 25.8 Å². The number of benzene rings is 1. The van der Waals surface area contributed by atoms with E-state index in [4.69, 9.17) is 9.47 Å². The molecule has 104 valence electrons. The van der Waals surface area contributed by atoms with Crippen molar-refractivity contribution in [1.29, 1.82) is 0 Å². The third kappa shape index (κ3) is 3.44. The lowest BCUT2D eigenvalue weighted by Gasteiger charge is -2.16. The highest BCUT2D eigenvalue weighted by Crippen LogP contribution is 2.39. The Morgan fingerprint density at radius 3 is 3.05 bits per heavy atom. The fourth-order valence-corrected chi connectivity index (χ4v) is 2.56. The van der Waals surface area contributed by atoms with E-state index < -0.39 is 0 Å². The van der Waals surface area contributed by atoms with Crippen molar-refractivity contribution in [3.63, 3.8) is 0 Å². The van der Waals surface area contributed by atoms with Crippen LogP contribution >= 0.6 is 39.9 Å². The summed E-state index contributed by atoms with van der Waals surface area (Å²) >= 11 is 3.49. The molecule has 2 heterocycles. The van der Waals surface area contributed by atoms with Crippen LogP contribution in [0.3, 0.4) is 0 Å². The fourth-order valence-electron chi connectivity index (χ4n) is 1.96. The highest BCUT2D eigenvalue weighted by Gasteiger charge is 2.18. The van der Waals surface area contributed by atoms with E-state index in [9.17, 15) is 0 Å². The highest BCUT2D eigenvalue weighted by atomic mass is 127. The molecule has 2 N–H and O–H groups in total. The van der Waals surface area contributed by atoms with Crippen LogP contribution < -0.4 is 20.1 Å². The molecule has 0 unspecified atom stereocenters.